The highest BCUT2D eigenvalue weighted by Crippen LogP contribution is 2.26. The third-order valence-electron chi connectivity index (χ3n) is 4.48. The highest BCUT2D eigenvalue weighted by molar-refractivity contribution is 5.08. The van der Waals surface area contributed by atoms with E-state index in [1.165, 1.54) is 25.7 Å². The highest BCUT2D eigenvalue weighted by Gasteiger charge is 2.34. The van der Waals surface area contributed by atoms with Gasteiger partial charge in [0.2, 0.25) is 0 Å². The number of hydrogen-bond donors (Lipinski definition) is 2. The van der Waals surface area contributed by atoms with Crippen molar-refractivity contribution in [2.45, 2.75) is 63.5 Å². The SMILES string of the molecule is CCC1CC(CN)(NCCC2=CCCC2)CCO1. The molecule has 2 aliphatic rings. The Kier molecular flexibility index (Phi) is 5.22. The minimum atomic E-state index is 0.123. The predicted octanol–water partition coefficient (Wildman–Crippen LogP) is 2.36. The lowest BCUT2D eigenvalue weighted by molar-refractivity contribution is -0.0277. The van der Waals surface area contributed by atoms with Crippen molar-refractivity contribution in [2.24, 2.45) is 5.73 Å². The molecule has 1 aliphatic heterocycles. The van der Waals surface area contributed by atoms with Crippen LogP contribution in [0.2, 0.25) is 0 Å². The largest absolute Gasteiger partial charge is 0.378 e. The molecule has 3 nitrogen and oxygen atoms in total. The standard InChI is InChI=1S/C15H28N2O/c1-2-14-11-15(12-16,8-10-18-14)17-9-7-13-5-3-4-6-13/h5,14,17H,2-4,6-12,16H2,1H3. The van der Waals surface area contributed by atoms with Crippen molar-refractivity contribution in [2.75, 3.05) is 19.7 Å². The predicted molar refractivity (Wildman–Crippen MR) is 75.6 cm³/mol. The number of rotatable bonds is 6. The number of hydrogen-bond acceptors (Lipinski definition) is 3. The molecule has 1 saturated heterocycles. The Bertz CT molecular complexity index is 290. The fraction of sp³-hybridized carbons (Fsp3) is 0.867. The molecule has 1 heterocycles. The molecule has 0 radical (unpaired) electrons. The van der Waals surface area contributed by atoms with E-state index in [4.69, 9.17) is 10.5 Å². The van der Waals surface area contributed by atoms with Crippen molar-refractivity contribution in [1.82, 2.24) is 5.32 Å². The highest BCUT2D eigenvalue weighted by atomic mass is 16.5. The molecule has 1 fully saturated rings. The maximum Gasteiger partial charge on any atom is 0.0590 e. The van der Waals surface area contributed by atoms with E-state index in [1.807, 2.05) is 0 Å². The first-order valence-corrected chi connectivity index (χ1v) is 7.52. The average Bonchev–Trinajstić information content (AvgIpc) is 2.92. The average molecular weight is 252 g/mol. The normalized spacial score (nSPS) is 32.6. The van der Waals surface area contributed by atoms with Gasteiger partial charge in [-0.05, 0) is 51.5 Å². The molecule has 3 N–H and O–H groups in total. The van der Waals surface area contributed by atoms with Gasteiger partial charge in [-0.3, -0.25) is 0 Å². The van der Waals surface area contributed by atoms with Crippen LogP contribution in [0.1, 0.15) is 51.9 Å². The Morgan fingerprint density at radius 2 is 2.44 bits per heavy atom. The Morgan fingerprint density at radius 1 is 1.56 bits per heavy atom. The molecule has 2 rings (SSSR count). The molecule has 0 aromatic heterocycles. The second kappa shape index (κ2) is 6.69. The van der Waals surface area contributed by atoms with Crippen molar-refractivity contribution in [3.63, 3.8) is 0 Å². The first-order chi connectivity index (χ1) is 8.78. The number of nitrogens with two attached hydrogens (primary N) is 1. The Hall–Kier alpha value is -0.380. The summed E-state index contributed by atoms with van der Waals surface area (Å²) in [5, 5.41) is 3.73. The topological polar surface area (TPSA) is 47.3 Å². The molecule has 2 unspecified atom stereocenters. The fourth-order valence-electron chi connectivity index (χ4n) is 3.15. The van der Waals surface area contributed by atoms with Gasteiger partial charge >= 0.3 is 0 Å². The van der Waals surface area contributed by atoms with Crippen molar-refractivity contribution in [3.05, 3.63) is 11.6 Å². The van der Waals surface area contributed by atoms with E-state index in [0.29, 0.717) is 6.10 Å². The Morgan fingerprint density at radius 3 is 3.11 bits per heavy atom. The van der Waals surface area contributed by atoms with E-state index in [9.17, 15) is 0 Å². The van der Waals surface area contributed by atoms with Gasteiger partial charge in [0.1, 0.15) is 0 Å². The third-order valence-corrected chi connectivity index (χ3v) is 4.48. The summed E-state index contributed by atoms with van der Waals surface area (Å²) < 4.78 is 5.76. The summed E-state index contributed by atoms with van der Waals surface area (Å²) in [6, 6.07) is 0. The van der Waals surface area contributed by atoms with E-state index in [-0.39, 0.29) is 5.54 Å². The first kappa shape index (κ1) is 14.0. The fourth-order valence-corrected chi connectivity index (χ4v) is 3.15. The van der Waals surface area contributed by atoms with Crippen molar-refractivity contribution in [3.8, 4) is 0 Å². The summed E-state index contributed by atoms with van der Waals surface area (Å²) in [5.74, 6) is 0. The zero-order valence-electron chi connectivity index (χ0n) is 11.7. The van der Waals surface area contributed by atoms with Crippen LogP contribution in [0.3, 0.4) is 0 Å². The van der Waals surface area contributed by atoms with Gasteiger partial charge in [-0.2, -0.15) is 0 Å². The van der Waals surface area contributed by atoms with Gasteiger partial charge in [0, 0.05) is 18.7 Å². The lowest BCUT2D eigenvalue weighted by atomic mass is 9.85. The molecular weight excluding hydrogens is 224 g/mol. The quantitative estimate of drug-likeness (QED) is 0.713. The van der Waals surface area contributed by atoms with Crippen LogP contribution in [0.5, 0.6) is 0 Å². The molecule has 0 spiro atoms. The Balaban J connectivity index is 1.79. The molecule has 0 aromatic carbocycles. The monoisotopic (exact) mass is 252 g/mol. The number of ether oxygens (including phenoxy) is 1. The third kappa shape index (κ3) is 3.56. The Labute approximate surface area is 111 Å². The van der Waals surface area contributed by atoms with E-state index < -0.39 is 0 Å². The summed E-state index contributed by atoms with van der Waals surface area (Å²) in [5.41, 5.74) is 7.77. The van der Waals surface area contributed by atoms with Crippen LogP contribution in [0, 0.1) is 0 Å². The van der Waals surface area contributed by atoms with Gasteiger partial charge in [-0.15, -0.1) is 0 Å². The smallest absolute Gasteiger partial charge is 0.0590 e. The lowest BCUT2D eigenvalue weighted by Gasteiger charge is -2.41. The van der Waals surface area contributed by atoms with Crippen LogP contribution in [0.25, 0.3) is 0 Å². The van der Waals surface area contributed by atoms with Crippen molar-refractivity contribution >= 4 is 0 Å². The van der Waals surface area contributed by atoms with E-state index >= 15 is 0 Å². The van der Waals surface area contributed by atoms with Gasteiger partial charge in [-0.25, -0.2) is 0 Å². The second-order valence-electron chi connectivity index (χ2n) is 5.77. The minimum absolute atomic E-state index is 0.123. The van der Waals surface area contributed by atoms with Crippen LogP contribution in [0.15, 0.2) is 11.6 Å². The van der Waals surface area contributed by atoms with Crippen LogP contribution in [0.4, 0.5) is 0 Å². The lowest BCUT2D eigenvalue weighted by Crippen LogP contribution is -2.56. The van der Waals surface area contributed by atoms with Crippen molar-refractivity contribution < 1.29 is 4.74 Å². The number of nitrogens with one attached hydrogen (secondary N) is 1. The minimum Gasteiger partial charge on any atom is -0.378 e. The van der Waals surface area contributed by atoms with Gasteiger partial charge in [-0.1, -0.05) is 18.6 Å². The summed E-state index contributed by atoms with van der Waals surface area (Å²) in [6.45, 7) is 4.84. The van der Waals surface area contributed by atoms with Crippen LogP contribution < -0.4 is 11.1 Å². The second-order valence-corrected chi connectivity index (χ2v) is 5.77. The molecule has 0 amide bonds. The van der Waals surface area contributed by atoms with Gasteiger partial charge in [0.25, 0.3) is 0 Å². The first-order valence-electron chi connectivity index (χ1n) is 7.52. The van der Waals surface area contributed by atoms with E-state index in [0.717, 1.165) is 39.0 Å². The molecule has 1 aliphatic carbocycles. The van der Waals surface area contributed by atoms with E-state index in [2.05, 4.69) is 18.3 Å². The zero-order valence-corrected chi connectivity index (χ0v) is 11.7. The molecule has 0 bridgehead atoms. The molecular formula is C15H28N2O. The van der Waals surface area contributed by atoms with Crippen molar-refractivity contribution in [1.29, 1.82) is 0 Å². The van der Waals surface area contributed by atoms with Crippen LogP contribution in [-0.4, -0.2) is 31.3 Å². The summed E-state index contributed by atoms with van der Waals surface area (Å²) in [7, 11) is 0. The van der Waals surface area contributed by atoms with Crippen LogP contribution in [-0.2, 0) is 4.74 Å². The molecule has 18 heavy (non-hydrogen) atoms. The molecule has 0 saturated carbocycles. The van der Waals surface area contributed by atoms with Gasteiger partial charge in [0.05, 0.1) is 6.10 Å². The van der Waals surface area contributed by atoms with Gasteiger partial charge < -0.3 is 15.8 Å². The van der Waals surface area contributed by atoms with Crippen LogP contribution >= 0.6 is 0 Å². The summed E-state index contributed by atoms with van der Waals surface area (Å²) >= 11 is 0. The summed E-state index contributed by atoms with van der Waals surface area (Å²) in [4.78, 5) is 0. The van der Waals surface area contributed by atoms with E-state index in [1.54, 1.807) is 5.57 Å². The molecule has 3 heteroatoms. The molecule has 0 aromatic rings. The summed E-state index contributed by atoms with van der Waals surface area (Å²) in [6.07, 6.45) is 11.1. The maximum absolute atomic E-state index is 6.02. The number of allylic oxidation sites excluding steroid dienone is 1. The molecule has 104 valence electrons. The van der Waals surface area contributed by atoms with Gasteiger partial charge in [0.15, 0.2) is 0 Å². The zero-order chi connectivity index (χ0) is 12.8. The molecule has 2 atom stereocenters. The maximum atomic E-state index is 6.02.